The van der Waals surface area contributed by atoms with Crippen LogP contribution in [0.5, 0.6) is 5.75 Å². The predicted octanol–water partition coefficient (Wildman–Crippen LogP) is 2.49. The summed E-state index contributed by atoms with van der Waals surface area (Å²) in [6.07, 6.45) is 1.50. The normalized spacial score (nSPS) is 24.5. The van der Waals surface area contributed by atoms with Gasteiger partial charge in [-0.25, -0.2) is 0 Å². The SMILES string of the molecule is CCCOC1C(N)CC1Oc1cc(C)c([N+](=O)[O-])cc1C. The van der Waals surface area contributed by atoms with E-state index >= 15 is 0 Å². The fourth-order valence-corrected chi connectivity index (χ4v) is 2.48. The first kappa shape index (κ1) is 15.7. The molecule has 1 aliphatic rings. The molecule has 0 aliphatic heterocycles. The average Bonchev–Trinajstić information content (AvgIpc) is 2.41. The van der Waals surface area contributed by atoms with Gasteiger partial charge in [-0.2, -0.15) is 0 Å². The van der Waals surface area contributed by atoms with E-state index in [2.05, 4.69) is 0 Å². The quantitative estimate of drug-likeness (QED) is 0.643. The van der Waals surface area contributed by atoms with Crippen molar-refractivity contribution in [3.8, 4) is 5.75 Å². The Morgan fingerprint density at radius 2 is 2.10 bits per heavy atom. The van der Waals surface area contributed by atoms with Crippen molar-refractivity contribution in [1.82, 2.24) is 0 Å². The topological polar surface area (TPSA) is 87.6 Å². The number of nitrogens with zero attached hydrogens (tertiary/aromatic N) is 1. The molecule has 0 aromatic heterocycles. The second-order valence-corrected chi connectivity index (χ2v) is 5.55. The van der Waals surface area contributed by atoms with Crippen molar-refractivity contribution in [2.24, 2.45) is 5.73 Å². The number of benzene rings is 1. The zero-order valence-electron chi connectivity index (χ0n) is 12.7. The van der Waals surface area contributed by atoms with Gasteiger partial charge in [0.25, 0.3) is 5.69 Å². The van der Waals surface area contributed by atoms with E-state index < -0.39 is 0 Å². The van der Waals surface area contributed by atoms with E-state index in [1.165, 1.54) is 0 Å². The van der Waals surface area contributed by atoms with Crippen molar-refractivity contribution in [3.63, 3.8) is 0 Å². The van der Waals surface area contributed by atoms with Gasteiger partial charge in [-0.1, -0.05) is 6.92 Å². The molecule has 3 atom stereocenters. The summed E-state index contributed by atoms with van der Waals surface area (Å²) in [5, 5.41) is 10.9. The highest BCUT2D eigenvalue weighted by Gasteiger charge is 2.41. The standard InChI is InChI=1S/C15H22N2O4/c1-4-5-20-15-11(16)8-14(15)21-13-7-9(2)12(17(18)19)6-10(13)3/h6-7,11,14-15H,4-5,8,16H2,1-3H3. The number of nitro groups is 1. The molecule has 2 N–H and O–H groups in total. The van der Waals surface area contributed by atoms with Crippen molar-refractivity contribution < 1.29 is 14.4 Å². The Balaban J connectivity index is 2.09. The Hall–Kier alpha value is -1.66. The van der Waals surface area contributed by atoms with Gasteiger partial charge in [0.2, 0.25) is 0 Å². The minimum atomic E-state index is -0.376. The van der Waals surface area contributed by atoms with E-state index in [1.54, 1.807) is 19.1 Å². The minimum absolute atomic E-state index is 0.000927. The summed E-state index contributed by atoms with van der Waals surface area (Å²) < 4.78 is 11.6. The molecule has 116 valence electrons. The first-order valence-corrected chi connectivity index (χ1v) is 7.23. The van der Waals surface area contributed by atoms with Gasteiger partial charge in [-0.05, 0) is 31.9 Å². The maximum atomic E-state index is 10.9. The van der Waals surface area contributed by atoms with E-state index in [-0.39, 0.29) is 28.9 Å². The molecule has 3 unspecified atom stereocenters. The van der Waals surface area contributed by atoms with E-state index in [4.69, 9.17) is 15.2 Å². The molecule has 0 spiro atoms. The summed E-state index contributed by atoms with van der Waals surface area (Å²) in [7, 11) is 0. The van der Waals surface area contributed by atoms with Crippen molar-refractivity contribution in [1.29, 1.82) is 0 Å². The molecular weight excluding hydrogens is 272 g/mol. The van der Waals surface area contributed by atoms with Gasteiger partial charge in [0.15, 0.2) is 0 Å². The third-order valence-electron chi connectivity index (χ3n) is 3.78. The van der Waals surface area contributed by atoms with Gasteiger partial charge in [-0.15, -0.1) is 0 Å². The number of hydrogen-bond acceptors (Lipinski definition) is 5. The summed E-state index contributed by atoms with van der Waals surface area (Å²) >= 11 is 0. The molecule has 1 aliphatic carbocycles. The maximum absolute atomic E-state index is 10.9. The fourth-order valence-electron chi connectivity index (χ4n) is 2.48. The number of aryl methyl sites for hydroxylation is 2. The molecule has 1 aromatic rings. The second-order valence-electron chi connectivity index (χ2n) is 5.55. The van der Waals surface area contributed by atoms with Crippen LogP contribution in [0.15, 0.2) is 12.1 Å². The van der Waals surface area contributed by atoms with Crippen LogP contribution in [0.1, 0.15) is 30.9 Å². The summed E-state index contributed by atoms with van der Waals surface area (Å²) in [6.45, 7) is 6.23. The molecule has 0 radical (unpaired) electrons. The lowest BCUT2D eigenvalue weighted by Crippen LogP contribution is -2.59. The lowest BCUT2D eigenvalue weighted by molar-refractivity contribution is -0.385. The van der Waals surface area contributed by atoms with E-state index in [9.17, 15) is 10.1 Å². The molecule has 1 saturated carbocycles. The monoisotopic (exact) mass is 294 g/mol. The fraction of sp³-hybridized carbons (Fsp3) is 0.600. The Morgan fingerprint density at radius 3 is 2.67 bits per heavy atom. The Morgan fingerprint density at radius 1 is 1.38 bits per heavy atom. The van der Waals surface area contributed by atoms with Gasteiger partial charge in [-0.3, -0.25) is 10.1 Å². The average molecular weight is 294 g/mol. The number of hydrogen-bond donors (Lipinski definition) is 1. The smallest absolute Gasteiger partial charge is 0.272 e. The number of nitro benzene ring substituents is 1. The van der Waals surface area contributed by atoms with Gasteiger partial charge in [0.05, 0.1) is 4.92 Å². The minimum Gasteiger partial charge on any atom is -0.487 e. The molecule has 0 amide bonds. The van der Waals surface area contributed by atoms with E-state index in [1.807, 2.05) is 13.8 Å². The van der Waals surface area contributed by atoms with Crippen molar-refractivity contribution in [2.75, 3.05) is 6.61 Å². The Kier molecular flexibility index (Phi) is 4.80. The molecule has 0 heterocycles. The van der Waals surface area contributed by atoms with Crippen LogP contribution < -0.4 is 10.5 Å². The molecule has 21 heavy (non-hydrogen) atoms. The number of rotatable bonds is 6. The zero-order valence-corrected chi connectivity index (χ0v) is 12.7. The third-order valence-corrected chi connectivity index (χ3v) is 3.78. The van der Waals surface area contributed by atoms with Crippen LogP contribution in [0.3, 0.4) is 0 Å². The van der Waals surface area contributed by atoms with E-state index in [0.717, 1.165) is 18.4 Å². The van der Waals surface area contributed by atoms with Crippen LogP contribution in [0.25, 0.3) is 0 Å². The van der Waals surface area contributed by atoms with Gasteiger partial charge in [0.1, 0.15) is 18.0 Å². The van der Waals surface area contributed by atoms with Crippen LogP contribution in [-0.2, 0) is 4.74 Å². The summed E-state index contributed by atoms with van der Waals surface area (Å²) in [6, 6.07) is 3.26. The van der Waals surface area contributed by atoms with Crippen LogP contribution >= 0.6 is 0 Å². The van der Waals surface area contributed by atoms with Crippen LogP contribution in [0.4, 0.5) is 5.69 Å². The molecule has 1 fully saturated rings. The molecule has 2 rings (SSSR count). The molecule has 0 bridgehead atoms. The Labute approximate surface area is 124 Å². The van der Waals surface area contributed by atoms with E-state index in [0.29, 0.717) is 17.9 Å². The number of nitrogens with two attached hydrogens (primary N) is 1. The van der Waals surface area contributed by atoms with Crippen molar-refractivity contribution in [2.45, 2.75) is 51.9 Å². The summed E-state index contributed by atoms with van der Waals surface area (Å²) in [5.41, 5.74) is 7.40. The highest BCUT2D eigenvalue weighted by atomic mass is 16.6. The molecule has 0 saturated heterocycles. The van der Waals surface area contributed by atoms with Gasteiger partial charge in [0, 0.05) is 30.7 Å². The van der Waals surface area contributed by atoms with Crippen molar-refractivity contribution in [3.05, 3.63) is 33.4 Å². The molecular formula is C15H22N2O4. The number of ether oxygens (including phenoxy) is 2. The predicted molar refractivity (Wildman–Crippen MR) is 79.6 cm³/mol. The molecule has 1 aromatic carbocycles. The lowest BCUT2D eigenvalue weighted by Gasteiger charge is -2.42. The molecule has 6 nitrogen and oxygen atoms in total. The third kappa shape index (κ3) is 3.33. The Bertz CT molecular complexity index is 533. The van der Waals surface area contributed by atoms with Crippen molar-refractivity contribution >= 4 is 5.69 Å². The van der Waals surface area contributed by atoms with Crippen LogP contribution in [-0.4, -0.2) is 29.8 Å². The summed E-state index contributed by atoms with van der Waals surface area (Å²) in [5.74, 6) is 0.667. The second kappa shape index (κ2) is 6.41. The van der Waals surface area contributed by atoms with Crippen LogP contribution in [0, 0.1) is 24.0 Å². The zero-order chi connectivity index (χ0) is 15.6. The highest BCUT2D eigenvalue weighted by Crippen LogP contribution is 2.33. The first-order valence-electron chi connectivity index (χ1n) is 7.23. The van der Waals surface area contributed by atoms with Gasteiger partial charge < -0.3 is 15.2 Å². The van der Waals surface area contributed by atoms with Crippen LogP contribution in [0.2, 0.25) is 0 Å². The first-order chi connectivity index (χ1) is 9.93. The molecule has 6 heteroatoms. The largest absolute Gasteiger partial charge is 0.487 e. The highest BCUT2D eigenvalue weighted by molar-refractivity contribution is 5.49. The maximum Gasteiger partial charge on any atom is 0.272 e. The van der Waals surface area contributed by atoms with Gasteiger partial charge >= 0.3 is 0 Å². The lowest BCUT2D eigenvalue weighted by atomic mass is 9.86. The summed E-state index contributed by atoms with van der Waals surface area (Å²) in [4.78, 5) is 10.5.